The summed E-state index contributed by atoms with van der Waals surface area (Å²) in [5, 5.41) is 12.9. The number of halogens is 1. The molecule has 1 heterocycles. The fraction of sp³-hybridized carbons (Fsp3) is 0.154. The first kappa shape index (κ1) is 21.8. The Kier molecular flexibility index (Phi) is 6.15. The number of benzene rings is 3. The maximum Gasteiger partial charge on any atom is 0.307 e. The summed E-state index contributed by atoms with van der Waals surface area (Å²) in [5.41, 5.74) is 5.33. The number of amides is 1. The van der Waals surface area contributed by atoms with Crippen molar-refractivity contribution in [2.24, 2.45) is 0 Å². The molecule has 32 heavy (non-hydrogen) atoms. The fourth-order valence-electron chi connectivity index (χ4n) is 3.90. The number of carbonyl (C=O) groups excluding carboxylic acids is 1. The molecule has 0 aromatic heterocycles. The van der Waals surface area contributed by atoms with Crippen molar-refractivity contribution >= 4 is 39.2 Å². The van der Waals surface area contributed by atoms with E-state index in [1.165, 1.54) is 0 Å². The molecule has 0 saturated carbocycles. The highest BCUT2D eigenvalue weighted by Crippen LogP contribution is 2.43. The SMILES string of the molecule is Cc1ccc(NC2=C(CC(=O)O)[C@H](c3ccc(Br)cc3)N(c3ccc(C)cc3)C2=O)cc1. The summed E-state index contributed by atoms with van der Waals surface area (Å²) in [7, 11) is 0. The maximum atomic E-state index is 13.7. The van der Waals surface area contributed by atoms with Gasteiger partial charge in [0, 0.05) is 15.8 Å². The monoisotopic (exact) mass is 490 g/mol. The normalized spacial score (nSPS) is 15.9. The molecule has 1 amide bonds. The van der Waals surface area contributed by atoms with Crippen LogP contribution in [0.2, 0.25) is 0 Å². The molecule has 3 aromatic carbocycles. The van der Waals surface area contributed by atoms with Gasteiger partial charge in [0.15, 0.2) is 0 Å². The van der Waals surface area contributed by atoms with E-state index in [1.807, 2.05) is 86.6 Å². The van der Waals surface area contributed by atoms with Crippen LogP contribution in [0.15, 0.2) is 88.5 Å². The van der Waals surface area contributed by atoms with Crippen molar-refractivity contribution < 1.29 is 14.7 Å². The summed E-state index contributed by atoms with van der Waals surface area (Å²) < 4.78 is 0.911. The van der Waals surface area contributed by atoms with Crippen molar-refractivity contribution in [3.05, 3.63) is 105 Å². The highest BCUT2D eigenvalue weighted by Gasteiger charge is 2.41. The molecular formula is C26H23BrN2O3. The summed E-state index contributed by atoms with van der Waals surface area (Å²) in [4.78, 5) is 27.2. The maximum absolute atomic E-state index is 13.7. The quantitative estimate of drug-likeness (QED) is 0.444. The molecule has 6 heteroatoms. The number of nitrogens with one attached hydrogen (secondary N) is 1. The second kappa shape index (κ2) is 9.01. The molecule has 5 nitrogen and oxygen atoms in total. The van der Waals surface area contributed by atoms with Crippen molar-refractivity contribution in [2.75, 3.05) is 10.2 Å². The Morgan fingerprint density at radius 3 is 2.06 bits per heavy atom. The highest BCUT2D eigenvalue weighted by molar-refractivity contribution is 9.10. The average molecular weight is 491 g/mol. The van der Waals surface area contributed by atoms with Crippen LogP contribution in [0, 0.1) is 13.8 Å². The first-order valence-electron chi connectivity index (χ1n) is 10.3. The van der Waals surface area contributed by atoms with Gasteiger partial charge in [-0.2, -0.15) is 0 Å². The van der Waals surface area contributed by atoms with Crippen LogP contribution in [0.4, 0.5) is 11.4 Å². The molecular weight excluding hydrogens is 468 g/mol. The lowest BCUT2D eigenvalue weighted by Crippen LogP contribution is -2.31. The number of hydrogen-bond acceptors (Lipinski definition) is 3. The number of carbonyl (C=O) groups is 2. The summed E-state index contributed by atoms with van der Waals surface area (Å²) in [6.45, 7) is 3.97. The number of aryl methyl sites for hydroxylation is 2. The van der Waals surface area contributed by atoms with Crippen LogP contribution in [0.1, 0.15) is 29.2 Å². The largest absolute Gasteiger partial charge is 0.481 e. The third kappa shape index (κ3) is 4.46. The van der Waals surface area contributed by atoms with Crippen LogP contribution in [-0.2, 0) is 9.59 Å². The fourth-order valence-corrected chi connectivity index (χ4v) is 4.16. The van der Waals surface area contributed by atoms with Crippen LogP contribution in [0.5, 0.6) is 0 Å². The number of hydrogen-bond donors (Lipinski definition) is 2. The predicted octanol–water partition coefficient (Wildman–Crippen LogP) is 5.99. The second-order valence-corrected chi connectivity index (χ2v) is 8.84. The minimum Gasteiger partial charge on any atom is -0.481 e. The minimum atomic E-state index is -0.983. The number of anilines is 2. The van der Waals surface area contributed by atoms with Gasteiger partial charge in [-0.05, 0) is 61.4 Å². The van der Waals surface area contributed by atoms with Crippen LogP contribution in [0.3, 0.4) is 0 Å². The lowest BCUT2D eigenvalue weighted by atomic mass is 9.96. The van der Waals surface area contributed by atoms with E-state index in [1.54, 1.807) is 4.90 Å². The van der Waals surface area contributed by atoms with Crippen molar-refractivity contribution in [1.29, 1.82) is 0 Å². The summed E-state index contributed by atoms with van der Waals surface area (Å²) in [6.07, 6.45) is -0.247. The van der Waals surface area contributed by atoms with Gasteiger partial charge in [-0.25, -0.2) is 0 Å². The number of rotatable bonds is 6. The predicted molar refractivity (Wildman–Crippen MR) is 130 cm³/mol. The average Bonchev–Trinajstić information content (AvgIpc) is 3.02. The van der Waals surface area contributed by atoms with Crippen LogP contribution in [0.25, 0.3) is 0 Å². The number of aliphatic carboxylic acids is 1. The topological polar surface area (TPSA) is 69.6 Å². The van der Waals surface area contributed by atoms with Gasteiger partial charge in [-0.1, -0.05) is 63.5 Å². The van der Waals surface area contributed by atoms with Crippen LogP contribution >= 0.6 is 15.9 Å². The third-order valence-electron chi connectivity index (χ3n) is 5.50. The summed E-state index contributed by atoms with van der Waals surface area (Å²) in [5.74, 6) is -1.23. The molecule has 0 unspecified atom stereocenters. The molecule has 4 rings (SSSR count). The van der Waals surface area contributed by atoms with Crippen molar-refractivity contribution in [2.45, 2.75) is 26.3 Å². The third-order valence-corrected chi connectivity index (χ3v) is 6.03. The Bertz CT molecular complexity index is 1180. The Balaban J connectivity index is 1.86. The van der Waals surface area contributed by atoms with Gasteiger partial charge in [0.25, 0.3) is 5.91 Å². The van der Waals surface area contributed by atoms with E-state index in [2.05, 4.69) is 21.2 Å². The number of carboxylic acid groups (broad SMARTS) is 1. The zero-order chi connectivity index (χ0) is 22.8. The van der Waals surface area contributed by atoms with Crippen molar-refractivity contribution in [3.8, 4) is 0 Å². The standard InChI is InChI=1S/C26H23BrN2O3/c1-16-3-11-20(12-4-16)28-24-22(15-23(30)31)25(18-7-9-19(27)10-8-18)29(26(24)32)21-13-5-17(2)6-14-21/h3-14,25,28H,15H2,1-2H3,(H,30,31)/t25-/m0/s1. The van der Waals surface area contributed by atoms with Gasteiger partial charge >= 0.3 is 5.97 Å². The molecule has 2 N–H and O–H groups in total. The van der Waals surface area contributed by atoms with Crippen molar-refractivity contribution in [1.82, 2.24) is 0 Å². The van der Waals surface area contributed by atoms with E-state index in [0.717, 1.165) is 32.5 Å². The molecule has 0 saturated heterocycles. The van der Waals surface area contributed by atoms with Gasteiger partial charge < -0.3 is 10.4 Å². The molecule has 0 radical (unpaired) electrons. The Morgan fingerprint density at radius 1 is 0.938 bits per heavy atom. The van der Waals surface area contributed by atoms with Gasteiger partial charge in [0.1, 0.15) is 5.70 Å². The first-order valence-corrected chi connectivity index (χ1v) is 11.1. The van der Waals surface area contributed by atoms with E-state index >= 15 is 0 Å². The minimum absolute atomic E-state index is 0.247. The Hall–Kier alpha value is -3.38. The van der Waals surface area contributed by atoms with E-state index in [9.17, 15) is 14.7 Å². The summed E-state index contributed by atoms with van der Waals surface area (Å²) >= 11 is 3.45. The number of nitrogens with zero attached hydrogens (tertiary/aromatic N) is 1. The molecule has 1 atom stereocenters. The van der Waals surface area contributed by atoms with E-state index in [0.29, 0.717) is 11.3 Å². The second-order valence-electron chi connectivity index (χ2n) is 7.93. The number of carboxylic acids is 1. The zero-order valence-corrected chi connectivity index (χ0v) is 19.4. The molecule has 0 spiro atoms. The molecule has 3 aromatic rings. The molecule has 0 bridgehead atoms. The van der Waals surface area contributed by atoms with Gasteiger partial charge in [-0.3, -0.25) is 14.5 Å². The molecule has 0 aliphatic carbocycles. The lowest BCUT2D eigenvalue weighted by molar-refractivity contribution is -0.136. The van der Waals surface area contributed by atoms with Gasteiger partial charge in [0.05, 0.1) is 12.5 Å². The first-order chi connectivity index (χ1) is 15.3. The Labute approximate surface area is 195 Å². The lowest BCUT2D eigenvalue weighted by Gasteiger charge is -2.27. The molecule has 162 valence electrons. The van der Waals surface area contributed by atoms with Crippen LogP contribution < -0.4 is 10.2 Å². The van der Waals surface area contributed by atoms with Gasteiger partial charge in [0.2, 0.25) is 0 Å². The molecule has 1 aliphatic rings. The van der Waals surface area contributed by atoms with E-state index in [-0.39, 0.29) is 12.3 Å². The molecule has 1 aliphatic heterocycles. The van der Waals surface area contributed by atoms with E-state index < -0.39 is 12.0 Å². The van der Waals surface area contributed by atoms with Crippen LogP contribution in [-0.4, -0.2) is 17.0 Å². The Morgan fingerprint density at radius 2 is 1.50 bits per heavy atom. The van der Waals surface area contributed by atoms with Crippen molar-refractivity contribution in [3.63, 3.8) is 0 Å². The molecule has 0 fully saturated rings. The smallest absolute Gasteiger partial charge is 0.307 e. The zero-order valence-electron chi connectivity index (χ0n) is 17.8. The summed E-state index contributed by atoms with van der Waals surface area (Å²) in [6, 6.07) is 22.5. The highest BCUT2D eigenvalue weighted by atomic mass is 79.9. The van der Waals surface area contributed by atoms with Gasteiger partial charge in [-0.15, -0.1) is 0 Å². The van der Waals surface area contributed by atoms with E-state index in [4.69, 9.17) is 0 Å².